The second-order valence-electron chi connectivity index (χ2n) is 7.84. The molecule has 1 saturated heterocycles. The lowest BCUT2D eigenvalue weighted by molar-refractivity contribution is -0.147. The van der Waals surface area contributed by atoms with Gasteiger partial charge in [0.15, 0.2) is 0 Å². The minimum atomic E-state index is -0.581. The van der Waals surface area contributed by atoms with Crippen LogP contribution in [0.2, 0.25) is 0 Å². The van der Waals surface area contributed by atoms with E-state index in [2.05, 4.69) is 20.9 Å². The zero-order valence-corrected chi connectivity index (χ0v) is 17.6. The maximum absolute atomic E-state index is 12.7. The molecule has 1 aliphatic rings. The van der Waals surface area contributed by atoms with Gasteiger partial charge in [-0.2, -0.15) is 0 Å². The van der Waals surface area contributed by atoms with Crippen LogP contribution in [0.15, 0.2) is 28.9 Å². The van der Waals surface area contributed by atoms with Crippen LogP contribution in [-0.2, 0) is 20.7 Å². The highest BCUT2D eigenvalue weighted by atomic mass is 79.9. The van der Waals surface area contributed by atoms with Gasteiger partial charge in [0.1, 0.15) is 11.7 Å². The molecule has 1 amide bonds. The van der Waals surface area contributed by atoms with Crippen LogP contribution in [0.4, 0.5) is 4.79 Å². The number of carbonyl (C=O) groups excluding carboxylic acids is 2. The molecule has 0 radical (unpaired) electrons. The van der Waals surface area contributed by atoms with Gasteiger partial charge < -0.3 is 19.4 Å². The third kappa shape index (κ3) is 4.46. The van der Waals surface area contributed by atoms with Gasteiger partial charge in [-0.15, -0.1) is 0 Å². The molecule has 0 unspecified atom stereocenters. The number of nitrogens with zero attached hydrogens (tertiary/aromatic N) is 1. The minimum Gasteiger partial charge on any atom is -0.460 e. The number of likely N-dealkylation sites (tertiary alicyclic amines) is 1. The van der Waals surface area contributed by atoms with E-state index in [1.807, 2.05) is 45.0 Å². The number of hydrogen-bond donors (Lipinski definition) is 1. The molecule has 27 heavy (non-hydrogen) atoms. The molecule has 1 aliphatic heterocycles. The molecule has 2 atom stereocenters. The van der Waals surface area contributed by atoms with Gasteiger partial charge in [-0.1, -0.05) is 18.2 Å². The Kier molecular flexibility index (Phi) is 5.51. The number of nitrogens with one attached hydrogen (secondary N) is 1. The molecule has 0 aliphatic carbocycles. The van der Waals surface area contributed by atoms with E-state index >= 15 is 0 Å². The van der Waals surface area contributed by atoms with Crippen molar-refractivity contribution in [2.45, 2.75) is 58.3 Å². The van der Waals surface area contributed by atoms with Crippen molar-refractivity contribution < 1.29 is 19.1 Å². The van der Waals surface area contributed by atoms with Gasteiger partial charge in [0.05, 0.1) is 10.6 Å². The summed E-state index contributed by atoms with van der Waals surface area (Å²) in [7, 11) is 0. The highest BCUT2D eigenvalue weighted by Crippen LogP contribution is 2.32. The first kappa shape index (κ1) is 19.7. The number of para-hydroxylation sites is 1. The summed E-state index contributed by atoms with van der Waals surface area (Å²) in [6, 6.07) is 7.72. The van der Waals surface area contributed by atoms with E-state index in [0.717, 1.165) is 21.1 Å². The van der Waals surface area contributed by atoms with Crippen molar-refractivity contribution >= 4 is 38.9 Å². The molecule has 1 aromatic heterocycles. The molecule has 2 heterocycles. The van der Waals surface area contributed by atoms with Gasteiger partial charge in [0, 0.05) is 30.8 Å². The van der Waals surface area contributed by atoms with Gasteiger partial charge in [-0.05, 0) is 54.8 Å². The lowest BCUT2D eigenvalue weighted by Gasteiger charge is -2.30. The number of H-pyrrole nitrogens is 1. The predicted molar refractivity (Wildman–Crippen MR) is 107 cm³/mol. The molecule has 146 valence electrons. The monoisotopic (exact) mass is 436 g/mol. The van der Waals surface area contributed by atoms with Crippen molar-refractivity contribution in [2.24, 2.45) is 0 Å². The Morgan fingerprint density at radius 2 is 2.00 bits per heavy atom. The van der Waals surface area contributed by atoms with E-state index in [4.69, 9.17) is 9.47 Å². The van der Waals surface area contributed by atoms with Crippen molar-refractivity contribution in [3.8, 4) is 0 Å². The SMILES string of the molecule is CC(=O)O[C@@H]1CCN(C(=O)OC(C)(C)C)[C@@H]1Cc1c(Br)[nH]c2ccccc12. The Bertz CT molecular complexity index is 855. The summed E-state index contributed by atoms with van der Waals surface area (Å²) in [5.74, 6) is -0.339. The highest BCUT2D eigenvalue weighted by molar-refractivity contribution is 9.10. The van der Waals surface area contributed by atoms with E-state index in [0.29, 0.717) is 19.4 Å². The molecular weight excluding hydrogens is 412 g/mol. The maximum atomic E-state index is 12.7. The van der Waals surface area contributed by atoms with Crippen LogP contribution in [0.5, 0.6) is 0 Å². The standard InChI is InChI=1S/C20H25BrN2O4/c1-12(24)26-17-9-10-23(19(25)27-20(2,3)4)16(17)11-14-13-7-5-6-8-15(13)22-18(14)21/h5-8,16-17,22H,9-11H2,1-4H3/t16-,17-/m1/s1. The fraction of sp³-hybridized carbons (Fsp3) is 0.500. The maximum Gasteiger partial charge on any atom is 0.410 e. The van der Waals surface area contributed by atoms with Gasteiger partial charge in [0.25, 0.3) is 0 Å². The first-order valence-corrected chi connectivity index (χ1v) is 9.87. The number of aromatic amines is 1. The number of fused-ring (bicyclic) bond motifs is 1. The van der Waals surface area contributed by atoms with Crippen molar-refractivity contribution in [1.29, 1.82) is 0 Å². The number of esters is 1. The smallest absolute Gasteiger partial charge is 0.410 e. The fourth-order valence-electron chi connectivity index (χ4n) is 3.54. The van der Waals surface area contributed by atoms with E-state index in [1.54, 1.807) is 4.90 Å². The molecule has 0 saturated carbocycles. The quantitative estimate of drug-likeness (QED) is 0.722. The van der Waals surface area contributed by atoms with Gasteiger partial charge in [-0.25, -0.2) is 4.79 Å². The molecule has 3 rings (SSSR count). The molecule has 7 heteroatoms. The Morgan fingerprint density at radius 3 is 2.67 bits per heavy atom. The molecule has 1 aromatic carbocycles. The van der Waals surface area contributed by atoms with Crippen LogP contribution in [0.3, 0.4) is 0 Å². The van der Waals surface area contributed by atoms with Crippen molar-refractivity contribution in [3.05, 3.63) is 34.4 Å². The van der Waals surface area contributed by atoms with Gasteiger partial charge in [0.2, 0.25) is 0 Å². The van der Waals surface area contributed by atoms with Crippen LogP contribution in [-0.4, -0.2) is 46.2 Å². The minimum absolute atomic E-state index is 0.278. The third-order valence-corrected chi connectivity index (χ3v) is 5.28. The van der Waals surface area contributed by atoms with Crippen molar-refractivity contribution in [2.75, 3.05) is 6.54 Å². The predicted octanol–water partition coefficient (Wildman–Crippen LogP) is 4.41. The van der Waals surface area contributed by atoms with E-state index in [-0.39, 0.29) is 24.2 Å². The molecule has 0 spiro atoms. The summed E-state index contributed by atoms with van der Waals surface area (Å²) in [5, 5.41) is 1.09. The van der Waals surface area contributed by atoms with Crippen LogP contribution in [0.1, 0.15) is 39.7 Å². The highest BCUT2D eigenvalue weighted by Gasteiger charge is 2.41. The van der Waals surface area contributed by atoms with E-state index in [9.17, 15) is 9.59 Å². The van der Waals surface area contributed by atoms with Crippen molar-refractivity contribution in [3.63, 3.8) is 0 Å². The van der Waals surface area contributed by atoms with E-state index < -0.39 is 5.60 Å². The number of carbonyl (C=O) groups is 2. The number of benzene rings is 1. The molecule has 0 bridgehead atoms. The summed E-state index contributed by atoms with van der Waals surface area (Å²) < 4.78 is 12.0. The normalized spacial score (nSPS) is 20.1. The van der Waals surface area contributed by atoms with Gasteiger partial charge in [-0.3, -0.25) is 4.79 Å². The zero-order chi connectivity index (χ0) is 19.8. The second-order valence-corrected chi connectivity index (χ2v) is 8.64. The Balaban J connectivity index is 1.91. The number of hydrogen-bond acceptors (Lipinski definition) is 4. The average Bonchev–Trinajstić information content (AvgIpc) is 3.07. The summed E-state index contributed by atoms with van der Waals surface area (Å²) in [4.78, 5) is 29.3. The fourth-order valence-corrected chi connectivity index (χ4v) is 4.13. The summed E-state index contributed by atoms with van der Waals surface area (Å²) in [5.41, 5.74) is 1.50. The third-order valence-electron chi connectivity index (χ3n) is 4.60. The molecule has 6 nitrogen and oxygen atoms in total. The molecule has 1 fully saturated rings. The topological polar surface area (TPSA) is 71.6 Å². The average molecular weight is 437 g/mol. The Hall–Kier alpha value is -2.02. The molecule has 1 N–H and O–H groups in total. The first-order chi connectivity index (χ1) is 12.7. The van der Waals surface area contributed by atoms with Gasteiger partial charge >= 0.3 is 12.1 Å². The number of amides is 1. The lowest BCUT2D eigenvalue weighted by Crippen LogP contribution is -2.44. The number of rotatable bonds is 3. The van der Waals surface area contributed by atoms with Crippen LogP contribution in [0.25, 0.3) is 10.9 Å². The molecular formula is C20H25BrN2O4. The summed E-state index contributed by atoms with van der Waals surface area (Å²) >= 11 is 3.60. The Labute approximate surface area is 167 Å². The van der Waals surface area contributed by atoms with Crippen LogP contribution >= 0.6 is 15.9 Å². The summed E-state index contributed by atoms with van der Waals surface area (Å²) in [6.45, 7) is 7.42. The number of ether oxygens (including phenoxy) is 2. The Morgan fingerprint density at radius 1 is 1.30 bits per heavy atom. The number of halogens is 1. The summed E-state index contributed by atoms with van der Waals surface area (Å²) in [6.07, 6.45) is 0.430. The van der Waals surface area contributed by atoms with Crippen molar-refractivity contribution in [1.82, 2.24) is 9.88 Å². The first-order valence-electron chi connectivity index (χ1n) is 9.07. The number of aromatic nitrogens is 1. The molecule has 2 aromatic rings. The largest absolute Gasteiger partial charge is 0.460 e. The lowest BCUT2D eigenvalue weighted by atomic mass is 10.0. The van der Waals surface area contributed by atoms with E-state index in [1.165, 1.54) is 6.92 Å². The van der Waals surface area contributed by atoms with Crippen LogP contribution < -0.4 is 0 Å². The van der Waals surface area contributed by atoms with Crippen LogP contribution in [0, 0.1) is 0 Å². The second kappa shape index (κ2) is 7.54. The zero-order valence-electron chi connectivity index (χ0n) is 16.0.